The molecule has 10 heteroatoms. The SMILES string of the molecule is COC(=O)c1cccc(S(=O)(=O)N2CCCC(C(=O)NCCN)C2)c1.Cl. The zero-order valence-corrected chi connectivity index (χ0v) is 16.1. The molecule has 0 aliphatic carbocycles. The molecule has 1 atom stereocenters. The van der Waals surface area contributed by atoms with Gasteiger partial charge < -0.3 is 15.8 Å². The van der Waals surface area contributed by atoms with E-state index in [4.69, 9.17) is 5.73 Å². The molecule has 1 aliphatic heterocycles. The predicted molar refractivity (Wildman–Crippen MR) is 98.6 cm³/mol. The summed E-state index contributed by atoms with van der Waals surface area (Å²) in [6.07, 6.45) is 1.22. The summed E-state index contributed by atoms with van der Waals surface area (Å²) in [6, 6.07) is 5.71. The van der Waals surface area contributed by atoms with Crippen molar-refractivity contribution in [3.63, 3.8) is 0 Å². The third-order valence-electron chi connectivity index (χ3n) is 4.09. The molecule has 1 heterocycles. The number of carbonyl (C=O) groups excluding carboxylic acids is 2. The maximum absolute atomic E-state index is 12.9. The van der Waals surface area contributed by atoms with Gasteiger partial charge in [0.1, 0.15) is 0 Å². The number of piperidine rings is 1. The van der Waals surface area contributed by atoms with Gasteiger partial charge in [-0.3, -0.25) is 4.79 Å². The first-order valence-corrected chi connectivity index (χ1v) is 9.50. The Morgan fingerprint density at radius 1 is 1.38 bits per heavy atom. The van der Waals surface area contributed by atoms with E-state index in [-0.39, 0.29) is 35.3 Å². The molecule has 26 heavy (non-hydrogen) atoms. The average molecular weight is 406 g/mol. The number of nitrogens with two attached hydrogens (primary N) is 1. The van der Waals surface area contributed by atoms with E-state index < -0.39 is 21.9 Å². The fraction of sp³-hybridized carbons (Fsp3) is 0.500. The summed E-state index contributed by atoms with van der Waals surface area (Å²) < 4.78 is 31.6. The molecule has 3 N–H and O–H groups in total. The topological polar surface area (TPSA) is 119 Å². The summed E-state index contributed by atoms with van der Waals surface area (Å²) in [6.45, 7) is 1.15. The van der Waals surface area contributed by atoms with Gasteiger partial charge >= 0.3 is 5.97 Å². The number of halogens is 1. The second kappa shape index (κ2) is 9.86. The van der Waals surface area contributed by atoms with Crippen LogP contribution in [0.1, 0.15) is 23.2 Å². The Kier molecular flexibility index (Phi) is 8.48. The van der Waals surface area contributed by atoms with Crippen molar-refractivity contribution in [2.75, 3.05) is 33.3 Å². The van der Waals surface area contributed by atoms with Gasteiger partial charge in [0.05, 0.1) is 23.5 Å². The van der Waals surface area contributed by atoms with Crippen LogP contribution in [0.3, 0.4) is 0 Å². The van der Waals surface area contributed by atoms with Gasteiger partial charge in [0.2, 0.25) is 15.9 Å². The number of hydrogen-bond acceptors (Lipinski definition) is 6. The minimum Gasteiger partial charge on any atom is -0.465 e. The van der Waals surface area contributed by atoms with Gasteiger partial charge in [-0.1, -0.05) is 6.07 Å². The van der Waals surface area contributed by atoms with Crippen LogP contribution in [-0.2, 0) is 19.6 Å². The normalized spacial score (nSPS) is 17.8. The summed E-state index contributed by atoms with van der Waals surface area (Å²) in [5.74, 6) is -1.19. The molecular weight excluding hydrogens is 382 g/mol. The van der Waals surface area contributed by atoms with Gasteiger partial charge in [0.25, 0.3) is 0 Å². The van der Waals surface area contributed by atoms with Gasteiger partial charge in [-0.15, -0.1) is 12.4 Å². The smallest absolute Gasteiger partial charge is 0.337 e. The second-order valence-corrected chi connectivity index (χ2v) is 7.74. The molecule has 1 unspecified atom stereocenters. The van der Waals surface area contributed by atoms with Gasteiger partial charge in [-0.05, 0) is 31.0 Å². The van der Waals surface area contributed by atoms with E-state index in [9.17, 15) is 18.0 Å². The van der Waals surface area contributed by atoms with Crippen molar-refractivity contribution in [3.05, 3.63) is 29.8 Å². The van der Waals surface area contributed by atoms with Crippen LogP contribution in [0, 0.1) is 5.92 Å². The van der Waals surface area contributed by atoms with Crippen LogP contribution in [0.25, 0.3) is 0 Å². The van der Waals surface area contributed by atoms with Gasteiger partial charge in [0.15, 0.2) is 0 Å². The molecule has 1 fully saturated rings. The van der Waals surface area contributed by atoms with Crippen LogP contribution in [-0.4, -0.2) is 57.9 Å². The van der Waals surface area contributed by atoms with E-state index in [2.05, 4.69) is 10.1 Å². The van der Waals surface area contributed by atoms with Crippen LogP contribution in [0.5, 0.6) is 0 Å². The minimum atomic E-state index is -3.79. The van der Waals surface area contributed by atoms with Crippen LogP contribution >= 0.6 is 12.4 Å². The van der Waals surface area contributed by atoms with Gasteiger partial charge in [0, 0.05) is 26.2 Å². The zero-order valence-electron chi connectivity index (χ0n) is 14.5. The van der Waals surface area contributed by atoms with Crippen molar-refractivity contribution in [1.29, 1.82) is 0 Å². The standard InChI is InChI=1S/C16H23N3O5S.ClH/c1-24-16(21)12-4-2-6-14(10-12)25(22,23)19-9-3-5-13(11-19)15(20)18-8-7-17;/h2,4,6,10,13H,3,5,7-9,11,17H2,1H3,(H,18,20);1H. The molecule has 0 bridgehead atoms. The van der Waals surface area contributed by atoms with E-state index >= 15 is 0 Å². The number of amides is 1. The molecule has 0 spiro atoms. The molecule has 0 radical (unpaired) electrons. The minimum absolute atomic E-state index is 0. The molecule has 1 aromatic rings. The number of benzene rings is 1. The second-order valence-electron chi connectivity index (χ2n) is 5.80. The highest BCUT2D eigenvalue weighted by atomic mass is 35.5. The van der Waals surface area contributed by atoms with Gasteiger partial charge in [-0.2, -0.15) is 4.31 Å². The van der Waals surface area contributed by atoms with E-state index in [1.807, 2.05) is 0 Å². The summed E-state index contributed by atoms with van der Waals surface area (Å²) in [5.41, 5.74) is 5.53. The monoisotopic (exact) mass is 405 g/mol. The number of nitrogens with zero attached hydrogens (tertiary/aromatic N) is 1. The summed E-state index contributed by atoms with van der Waals surface area (Å²) >= 11 is 0. The number of sulfonamides is 1. The van der Waals surface area contributed by atoms with Crippen molar-refractivity contribution in [3.8, 4) is 0 Å². The first-order valence-electron chi connectivity index (χ1n) is 8.06. The van der Waals surface area contributed by atoms with Crippen molar-refractivity contribution in [2.45, 2.75) is 17.7 Å². The van der Waals surface area contributed by atoms with Crippen LogP contribution < -0.4 is 11.1 Å². The number of hydrogen-bond donors (Lipinski definition) is 2. The largest absolute Gasteiger partial charge is 0.465 e. The molecule has 1 saturated heterocycles. The lowest BCUT2D eigenvalue weighted by molar-refractivity contribution is -0.126. The Labute approximate surface area is 159 Å². The third kappa shape index (κ3) is 5.16. The summed E-state index contributed by atoms with van der Waals surface area (Å²) in [4.78, 5) is 23.7. The zero-order chi connectivity index (χ0) is 18.4. The molecule has 1 amide bonds. The maximum Gasteiger partial charge on any atom is 0.337 e. The van der Waals surface area contributed by atoms with E-state index in [1.54, 1.807) is 0 Å². The highest BCUT2D eigenvalue weighted by molar-refractivity contribution is 7.89. The average Bonchev–Trinajstić information content (AvgIpc) is 2.65. The number of carbonyl (C=O) groups is 2. The molecule has 0 aromatic heterocycles. The lowest BCUT2D eigenvalue weighted by Gasteiger charge is -2.31. The Morgan fingerprint density at radius 3 is 2.77 bits per heavy atom. The molecule has 146 valence electrons. The van der Waals surface area contributed by atoms with Crippen molar-refractivity contribution in [2.24, 2.45) is 11.7 Å². The fourth-order valence-corrected chi connectivity index (χ4v) is 4.34. The van der Waals surface area contributed by atoms with E-state index in [0.29, 0.717) is 32.5 Å². The van der Waals surface area contributed by atoms with Crippen LogP contribution in [0.2, 0.25) is 0 Å². The Balaban J connectivity index is 0.00000338. The summed E-state index contributed by atoms with van der Waals surface area (Å²) in [5, 5.41) is 2.70. The number of nitrogens with one attached hydrogen (secondary N) is 1. The highest BCUT2D eigenvalue weighted by Gasteiger charge is 2.33. The first kappa shape index (κ1) is 22.4. The number of ether oxygens (including phenoxy) is 1. The number of esters is 1. The highest BCUT2D eigenvalue weighted by Crippen LogP contribution is 2.24. The quantitative estimate of drug-likeness (QED) is 0.660. The van der Waals surface area contributed by atoms with Gasteiger partial charge in [-0.25, -0.2) is 13.2 Å². The fourth-order valence-electron chi connectivity index (χ4n) is 2.76. The van der Waals surface area contributed by atoms with Crippen LogP contribution in [0.15, 0.2) is 29.2 Å². The molecule has 8 nitrogen and oxygen atoms in total. The Hall–Kier alpha value is -1.68. The Morgan fingerprint density at radius 2 is 2.12 bits per heavy atom. The summed E-state index contributed by atoms with van der Waals surface area (Å²) in [7, 11) is -2.56. The van der Waals surface area contributed by atoms with Crippen molar-refractivity contribution < 1.29 is 22.7 Å². The molecule has 1 aromatic carbocycles. The number of rotatable bonds is 6. The lowest BCUT2D eigenvalue weighted by atomic mass is 9.99. The molecule has 2 rings (SSSR count). The van der Waals surface area contributed by atoms with Crippen molar-refractivity contribution >= 4 is 34.3 Å². The van der Waals surface area contributed by atoms with E-state index in [1.165, 1.54) is 35.7 Å². The van der Waals surface area contributed by atoms with E-state index in [0.717, 1.165) is 0 Å². The lowest BCUT2D eigenvalue weighted by Crippen LogP contribution is -2.46. The number of methoxy groups -OCH3 is 1. The van der Waals surface area contributed by atoms with Crippen LogP contribution in [0.4, 0.5) is 0 Å². The first-order chi connectivity index (χ1) is 11.9. The molecule has 1 aliphatic rings. The molecular formula is C16H24ClN3O5S. The Bertz CT molecular complexity index is 741. The predicted octanol–water partition coefficient (Wildman–Crippen LogP) is 0.371. The molecule has 0 saturated carbocycles. The maximum atomic E-state index is 12.9. The van der Waals surface area contributed by atoms with Crippen molar-refractivity contribution in [1.82, 2.24) is 9.62 Å². The third-order valence-corrected chi connectivity index (χ3v) is 5.95.